The maximum absolute atomic E-state index is 4.89. The number of halogens is 2. The van der Waals surface area contributed by atoms with Gasteiger partial charge in [0.15, 0.2) is 0 Å². The summed E-state index contributed by atoms with van der Waals surface area (Å²) in [6.45, 7) is 4.17. The van der Waals surface area contributed by atoms with Crippen molar-refractivity contribution < 1.29 is 17.0 Å². The predicted octanol–water partition coefficient (Wildman–Crippen LogP) is 4.80. The summed E-state index contributed by atoms with van der Waals surface area (Å²) in [4.78, 5) is 0. The zero-order chi connectivity index (χ0) is 11.5. The van der Waals surface area contributed by atoms with E-state index in [1.807, 2.05) is 24.3 Å². The summed E-state index contributed by atoms with van der Waals surface area (Å²) in [5, 5.41) is 0. The molecule has 0 aliphatic rings. The second-order valence-electron chi connectivity index (χ2n) is 3.00. The number of rotatable bonds is 0. The Bertz CT molecular complexity index is 266. The van der Waals surface area contributed by atoms with Gasteiger partial charge < -0.3 is 0 Å². The van der Waals surface area contributed by atoms with Crippen LogP contribution in [0, 0.1) is 13.8 Å². The summed E-state index contributed by atoms with van der Waals surface area (Å²) in [5.41, 5.74) is 2.69. The van der Waals surface area contributed by atoms with Crippen molar-refractivity contribution >= 4 is 18.6 Å². The van der Waals surface area contributed by atoms with Crippen molar-refractivity contribution in [3.8, 4) is 0 Å². The second-order valence-corrected chi connectivity index (χ2v) is 5.58. The standard InChI is InChI=1S/2C6H7.2ClH.Ti/c2*1-6-4-2-3-5-6;;;/h2*2-5H,1H3;2*1H;/q2*-1;;;+2/p-2. The van der Waals surface area contributed by atoms with Gasteiger partial charge in [-0.05, 0) is 0 Å². The Kier molecular flexibility index (Phi) is 10.5. The van der Waals surface area contributed by atoms with Crippen LogP contribution in [0.1, 0.15) is 11.1 Å². The van der Waals surface area contributed by atoms with Gasteiger partial charge in [-0.25, -0.2) is 24.3 Å². The first-order chi connectivity index (χ1) is 7.20. The van der Waals surface area contributed by atoms with E-state index in [1.165, 1.54) is 11.1 Å². The van der Waals surface area contributed by atoms with Crippen molar-refractivity contribution in [2.24, 2.45) is 0 Å². The molecule has 0 atom stereocenters. The molecule has 2 aromatic rings. The first kappa shape index (κ1) is 15.0. The fraction of sp³-hybridized carbons (Fsp3) is 0.167. The molecule has 0 amide bonds. The van der Waals surface area contributed by atoms with Gasteiger partial charge in [0.2, 0.25) is 0 Å². The molecule has 0 unspecified atom stereocenters. The molecule has 0 aliphatic heterocycles. The molecule has 15 heavy (non-hydrogen) atoms. The molecule has 2 aromatic carbocycles. The van der Waals surface area contributed by atoms with Crippen molar-refractivity contribution in [2.75, 3.05) is 0 Å². The zero-order valence-electron chi connectivity index (χ0n) is 8.87. The molecule has 0 bridgehead atoms. The summed E-state index contributed by atoms with van der Waals surface area (Å²) in [5.74, 6) is 0. The quantitative estimate of drug-likeness (QED) is 0.479. The van der Waals surface area contributed by atoms with E-state index >= 15 is 0 Å². The minimum atomic E-state index is -0.556. The van der Waals surface area contributed by atoms with Crippen LogP contribution in [0.3, 0.4) is 0 Å². The van der Waals surface area contributed by atoms with Gasteiger partial charge in [0.05, 0.1) is 0 Å². The van der Waals surface area contributed by atoms with Crippen LogP contribution in [0.2, 0.25) is 0 Å². The molecular weight excluding hydrogens is 263 g/mol. The molecule has 0 fully saturated rings. The minimum absolute atomic E-state index is 0.556. The van der Waals surface area contributed by atoms with Crippen LogP contribution in [-0.4, -0.2) is 0 Å². The van der Waals surface area contributed by atoms with Crippen molar-refractivity contribution in [2.45, 2.75) is 13.8 Å². The summed E-state index contributed by atoms with van der Waals surface area (Å²) in [6, 6.07) is 16.5. The van der Waals surface area contributed by atoms with Gasteiger partial charge >= 0.3 is 35.6 Å². The molecule has 82 valence electrons. The molecule has 0 N–H and O–H groups in total. The Hall–Kier alpha value is -0.00571. The first-order valence-corrected chi connectivity index (χ1v) is 8.83. The van der Waals surface area contributed by atoms with Crippen molar-refractivity contribution in [1.29, 1.82) is 0 Å². The van der Waals surface area contributed by atoms with E-state index in [2.05, 4.69) is 38.1 Å². The Balaban J connectivity index is 0.000000210. The molecule has 0 radical (unpaired) electrons. The van der Waals surface area contributed by atoms with Gasteiger partial charge in [-0.3, -0.25) is 0 Å². The topological polar surface area (TPSA) is 0 Å². The molecule has 0 saturated carbocycles. The fourth-order valence-electron chi connectivity index (χ4n) is 0.940. The third-order valence-corrected chi connectivity index (χ3v) is 1.66. The van der Waals surface area contributed by atoms with Crippen molar-refractivity contribution in [3.05, 3.63) is 59.7 Å². The van der Waals surface area contributed by atoms with Crippen LogP contribution in [0.4, 0.5) is 0 Å². The van der Waals surface area contributed by atoms with E-state index in [-0.39, 0.29) is 0 Å². The van der Waals surface area contributed by atoms with E-state index in [9.17, 15) is 0 Å². The molecular formula is C12H14Cl2Ti-2. The van der Waals surface area contributed by atoms with Crippen molar-refractivity contribution in [1.82, 2.24) is 0 Å². The molecule has 0 spiro atoms. The van der Waals surface area contributed by atoms with Crippen LogP contribution in [0.15, 0.2) is 48.5 Å². The Morgan fingerprint density at radius 3 is 1.00 bits per heavy atom. The molecule has 0 heterocycles. The predicted molar refractivity (Wildman–Crippen MR) is 65.3 cm³/mol. The van der Waals surface area contributed by atoms with Crippen LogP contribution in [0.5, 0.6) is 0 Å². The molecule has 0 aromatic heterocycles. The number of hydrogen-bond donors (Lipinski definition) is 0. The van der Waals surface area contributed by atoms with E-state index in [1.54, 1.807) is 0 Å². The van der Waals surface area contributed by atoms with Crippen LogP contribution in [0.25, 0.3) is 0 Å². The van der Waals surface area contributed by atoms with Gasteiger partial charge in [0.25, 0.3) is 0 Å². The average molecular weight is 277 g/mol. The molecule has 0 aliphatic carbocycles. The van der Waals surface area contributed by atoms with Gasteiger partial charge in [-0.2, -0.15) is 35.4 Å². The molecule has 2 rings (SSSR count). The van der Waals surface area contributed by atoms with E-state index in [4.69, 9.17) is 18.6 Å². The third-order valence-electron chi connectivity index (χ3n) is 1.66. The second kappa shape index (κ2) is 10.5. The van der Waals surface area contributed by atoms with Gasteiger partial charge in [0, 0.05) is 0 Å². The van der Waals surface area contributed by atoms with Crippen LogP contribution in [-0.2, 0) is 17.0 Å². The monoisotopic (exact) mass is 276 g/mol. The van der Waals surface area contributed by atoms with Crippen molar-refractivity contribution in [3.63, 3.8) is 0 Å². The summed E-state index contributed by atoms with van der Waals surface area (Å²) in [6.07, 6.45) is 0. The van der Waals surface area contributed by atoms with E-state index < -0.39 is 17.0 Å². The van der Waals surface area contributed by atoms with E-state index in [0.29, 0.717) is 0 Å². The Morgan fingerprint density at radius 1 is 0.733 bits per heavy atom. The molecule has 0 saturated heterocycles. The zero-order valence-corrected chi connectivity index (χ0v) is 11.9. The Labute approximate surface area is 109 Å². The van der Waals surface area contributed by atoms with Crippen LogP contribution >= 0.6 is 18.6 Å². The molecule has 0 nitrogen and oxygen atoms in total. The maximum atomic E-state index is 4.89. The van der Waals surface area contributed by atoms with Crippen LogP contribution < -0.4 is 0 Å². The summed E-state index contributed by atoms with van der Waals surface area (Å²) in [7, 11) is 9.78. The third kappa shape index (κ3) is 10.3. The van der Waals surface area contributed by atoms with Gasteiger partial charge in [-0.15, -0.1) is 0 Å². The summed E-state index contributed by atoms with van der Waals surface area (Å²) >= 11 is -0.556. The Morgan fingerprint density at radius 2 is 0.933 bits per heavy atom. The fourth-order valence-corrected chi connectivity index (χ4v) is 0.940. The first-order valence-electron chi connectivity index (χ1n) is 4.53. The number of aryl methyl sites for hydroxylation is 2. The van der Waals surface area contributed by atoms with E-state index in [0.717, 1.165) is 0 Å². The normalized spacial score (nSPS) is 8.00. The van der Waals surface area contributed by atoms with Gasteiger partial charge in [-0.1, -0.05) is 13.8 Å². The summed E-state index contributed by atoms with van der Waals surface area (Å²) < 4.78 is 0. The SMILES string of the molecule is C[c-]1cccc1.C[c-]1cccc1.[Cl][Ti][Cl]. The number of hydrogen-bond acceptors (Lipinski definition) is 0. The van der Waals surface area contributed by atoms with Gasteiger partial charge in [0.1, 0.15) is 0 Å². The average Bonchev–Trinajstić information content (AvgIpc) is 2.81. The molecule has 3 heteroatoms.